The number of alkyl halides is 3. The van der Waals surface area contributed by atoms with Gasteiger partial charge in [0.05, 0.1) is 5.56 Å². The van der Waals surface area contributed by atoms with Gasteiger partial charge in [0.25, 0.3) is 0 Å². The van der Waals surface area contributed by atoms with Crippen LogP contribution in [0.4, 0.5) is 81.4 Å². The standard InChI is InChI=1S/C78H63F3N4/c1-54-19-35-68(36-20-54)84(75-18-12-13-65(53-75)78(79,80)81)73-47-31-63(32-48-73)61-27-43-71(44-28-61)82(66-14-8-6-9-15-66)69-39-23-59(24-40-69)60-25-41-70(42-26-60)83(67-16-10-7-11-17-67)72-45-29-62(30-46-72)64-33-49-74(50-34-64)85(76-37-21-55(2)57(4)51-76)77-38-22-56(3)58(5)52-77/h6-53H,1-5H3. The van der Waals surface area contributed by atoms with Gasteiger partial charge in [0.1, 0.15) is 0 Å². The van der Waals surface area contributed by atoms with Crippen molar-refractivity contribution in [3.63, 3.8) is 0 Å². The van der Waals surface area contributed by atoms with Crippen LogP contribution in [-0.4, -0.2) is 0 Å². The monoisotopic (exact) mass is 1110 g/mol. The minimum absolute atomic E-state index is 0.427. The fourth-order valence-corrected chi connectivity index (χ4v) is 11.0. The molecule has 0 aliphatic carbocycles. The summed E-state index contributed by atoms with van der Waals surface area (Å²) in [5.74, 6) is 0. The molecule has 416 valence electrons. The van der Waals surface area contributed by atoms with Crippen molar-refractivity contribution in [3.8, 4) is 33.4 Å². The summed E-state index contributed by atoms with van der Waals surface area (Å²) in [6, 6.07) is 99.2. The second-order valence-corrected chi connectivity index (χ2v) is 21.7. The van der Waals surface area contributed by atoms with Crippen LogP contribution in [0.25, 0.3) is 33.4 Å². The van der Waals surface area contributed by atoms with Crippen molar-refractivity contribution in [1.29, 1.82) is 0 Å². The number of hydrogen-bond acceptors (Lipinski definition) is 4. The molecule has 12 aromatic carbocycles. The fourth-order valence-electron chi connectivity index (χ4n) is 11.0. The first kappa shape index (κ1) is 55.2. The van der Waals surface area contributed by atoms with Crippen LogP contribution in [0.5, 0.6) is 0 Å². The zero-order valence-electron chi connectivity index (χ0n) is 48.1. The van der Waals surface area contributed by atoms with Gasteiger partial charge >= 0.3 is 6.18 Å². The molecule has 12 rings (SSSR count). The van der Waals surface area contributed by atoms with Crippen molar-refractivity contribution in [1.82, 2.24) is 0 Å². The molecular weight excluding hydrogens is 1050 g/mol. The second kappa shape index (κ2) is 23.8. The third-order valence-electron chi connectivity index (χ3n) is 16.0. The summed E-state index contributed by atoms with van der Waals surface area (Å²) in [7, 11) is 0. The number of hydrogen-bond donors (Lipinski definition) is 0. The lowest BCUT2D eigenvalue weighted by atomic mass is 10.0. The third kappa shape index (κ3) is 12.0. The van der Waals surface area contributed by atoms with Gasteiger partial charge in [0, 0.05) is 68.2 Å². The first-order valence-corrected chi connectivity index (χ1v) is 28.6. The second-order valence-electron chi connectivity index (χ2n) is 21.7. The Hall–Kier alpha value is -10.4. The quantitative estimate of drug-likeness (QED) is 0.101. The Morgan fingerprint density at radius 1 is 0.212 bits per heavy atom. The minimum Gasteiger partial charge on any atom is -0.311 e. The predicted octanol–water partition coefficient (Wildman–Crippen LogP) is 23.1. The Kier molecular flexibility index (Phi) is 15.5. The largest absolute Gasteiger partial charge is 0.416 e. The summed E-state index contributed by atoms with van der Waals surface area (Å²) in [5, 5.41) is 0. The summed E-state index contributed by atoms with van der Waals surface area (Å²) in [4.78, 5) is 8.75. The van der Waals surface area contributed by atoms with Crippen LogP contribution in [0, 0.1) is 34.6 Å². The molecule has 0 saturated heterocycles. The Morgan fingerprint density at radius 3 is 0.741 bits per heavy atom. The zero-order valence-corrected chi connectivity index (χ0v) is 48.1. The minimum atomic E-state index is -4.46. The summed E-state index contributed by atoms with van der Waals surface area (Å²) in [6.45, 7) is 10.7. The van der Waals surface area contributed by atoms with Gasteiger partial charge in [-0.2, -0.15) is 13.2 Å². The van der Waals surface area contributed by atoms with E-state index in [0.717, 1.165) is 108 Å². The molecule has 85 heavy (non-hydrogen) atoms. The maximum atomic E-state index is 13.9. The SMILES string of the molecule is Cc1ccc(N(c2ccc(-c3ccc(N(c4ccccc4)c4ccc(-c5ccc(N(c6ccccc6)c6ccc(-c7ccc(N(c8ccc(C)c(C)c8)c8ccc(C)c(C)c8)cc7)cc6)cc5)cc4)cc3)cc2)c2cccc(C(F)(F)F)c2)cc1. The molecule has 0 radical (unpaired) electrons. The molecule has 0 spiro atoms. The maximum absolute atomic E-state index is 13.9. The molecule has 0 aliphatic heterocycles. The van der Waals surface area contributed by atoms with Gasteiger partial charge in [0.2, 0.25) is 0 Å². The fraction of sp³-hybridized carbons (Fsp3) is 0.0769. The van der Waals surface area contributed by atoms with Crippen molar-refractivity contribution < 1.29 is 13.2 Å². The van der Waals surface area contributed by atoms with Gasteiger partial charge in [-0.1, -0.05) is 145 Å². The van der Waals surface area contributed by atoms with Crippen LogP contribution >= 0.6 is 0 Å². The Bertz CT molecular complexity index is 4170. The van der Waals surface area contributed by atoms with Crippen LogP contribution in [0.15, 0.2) is 291 Å². The predicted molar refractivity (Wildman–Crippen MR) is 350 cm³/mol. The number of halogens is 3. The highest BCUT2D eigenvalue weighted by Crippen LogP contribution is 2.43. The molecule has 12 aromatic rings. The van der Waals surface area contributed by atoms with E-state index in [-0.39, 0.29) is 0 Å². The van der Waals surface area contributed by atoms with Crippen molar-refractivity contribution in [2.45, 2.75) is 40.8 Å². The topological polar surface area (TPSA) is 13.0 Å². The first-order chi connectivity index (χ1) is 41.3. The number of rotatable bonds is 15. The number of anilines is 12. The smallest absolute Gasteiger partial charge is 0.311 e. The lowest BCUT2D eigenvalue weighted by molar-refractivity contribution is -0.137. The van der Waals surface area contributed by atoms with Gasteiger partial charge < -0.3 is 19.6 Å². The van der Waals surface area contributed by atoms with Crippen molar-refractivity contribution in [2.75, 3.05) is 19.6 Å². The molecule has 0 atom stereocenters. The van der Waals surface area contributed by atoms with Gasteiger partial charge in [-0.3, -0.25) is 0 Å². The Balaban J connectivity index is 0.774. The van der Waals surface area contributed by atoms with Gasteiger partial charge in [0.15, 0.2) is 0 Å². The molecule has 0 fully saturated rings. The Morgan fingerprint density at radius 2 is 0.447 bits per heavy atom. The van der Waals surface area contributed by atoms with E-state index < -0.39 is 11.7 Å². The molecule has 0 bridgehead atoms. The summed E-state index contributed by atoms with van der Waals surface area (Å²) < 4.78 is 41.7. The molecule has 0 aromatic heterocycles. The van der Waals surface area contributed by atoms with Crippen LogP contribution < -0.4 is 19.6 Å². The average molecular weight is 1110 g/mol. The van der Waals surface area contributed by atoms with Crippen LogP contribution in [0.2, 0.25) is 0 Å². The van der Waals surface area contributed by atoms with E-state index in [1.807, 2.05) is 78.6 Å². The van der Waals surface area contributed by atoms with E-state index >= 15 is 0 Å². The van der Waals surface area contributed by atoms with Gasteiger partial charge in [-0.05, 0) is 242 Å². The van der Waals surface area contributed by atoms with Gasteiger partial charge in [-0.25, -0.2) is 0 Å². The number of nitrogens with zero attached hydrogens (tertiary/aromatic N) is 4. The molecule has 0 N–H and O–H groups in total. The highest BCUT2D eigenvalue weighted by Gasteiger charge is 2.31. The molecule has 0 unspecified atom stereocenters. The van der Waals surface area contributed by atoms with Gasteiger partial charge in [-0.15, -0.1) is 0 Å². The third-order valence-corrected chi connectivity index (χ3v) is 16.0. The van der Waals surface area contributed by atoms with Crippen molar-refractivity contribution in [3.05, 3.63) is 325 Å². The average Bonchev–Trinajstić information content (AvgIpc) is 3.73. The summed E-state index contributed by atoms with van der Waals surface area (Å²) in [6.07, 6.45) is -4.46. The summed E-state index contributed by atoms with van der Waals surface area (Å²) >= 11 is 0. The van der Waals surface area contributed by atoms with E-state index in [2.05, 4.69) is 243 Å². The van der Waals surface area contributed by atoms with E-state index in [1.165, 1.54) is 34.4 Å². The summed E-state index contributed by atoms with van der Waals surface area (Å²) in [5.41, 5.74) is 23.5. The number of benzene rings is 12. The number of para-hydroxylation sites is 2. The highest BCUT2D eigenvalue weighted by molar-refractivity contribution is 5.85. The first-order valence-electron chi connectivity index (χ1n) is 28.6. The zero-order chi connectivity index (χ0) is 58.6. The van der Waals surface area contributed by atoms with E-state index in [4.69, 9.17) is 0 Å². The Labute approximate surface area is 497 Å². The number of aryl methyl sites for hydroxylation is 5. The molecule has 0 amide bonds. The normalized spacial score (nSPS) is 11.3. The van der Waals surface area contributed by atoms with Crippen molar-refractivity contribution >= 4 is 68.2 Å². The van der Waals surface area contributed by atoms with Crippen molar-refractivity contribution in [2.24, 2.45) is 0 Å². The molecule has 0 aliphatic rings. The lowest BCUT2D eigenvalue weighted by Gasteiger charge is -2.27. The maximum Gasteiger partial charge on any atom is 0.416 e. The van der Waals surface area contributed by atoms with Crippen LogP contribution in [-0.2, 0) is 6.18 Å². The van der Waals surface area contributed by atoms with Crippen LogP contribution in [0.3, 0.4) is 0 Å². The van der Waals surface area contributed by atoms with E-state index in [9.17, 15) is 13.2 Å². The molecular formula is C78H63F3N4. The molecule has 0 heterocycles. The van der Waals surface area contributed by atoms with E-state index in [1.54, 1.807) is 6.07 Å². The highest BCUT2D eigenvalue weighted by atomic mass is 19.4. The van der Waals surface area contributed by atoms with Crippen LogP contribution in [0.1, 0.15) is 33.4 Å². The van der Waals surface area contributed by atoms with E-state index in [0.29, 0.717) is 5.69 Å². The lowest BCUT2D eigenvalue weighted by Crippen LogP contribution is -2.12. The molecule has 4 nitrogen and oxygen atoms in total. The molecule has 0 saturated carbocycles. The molecule has 7 heteroatoms.